The molecule has 0 amide bonds. The smallest absolute Gasteiger partial charge is 0.252 e. The fourth-order valence-electron chi connectivity index (χ4n) is 1.72. The Kier molecular flexibility index (Phi) is 3.57. The van der Waals surface area contributed by atoms with Crippen LogP contribution < -0.4 is 4.74 Å². The summed E-state index contributed by atoms with van der Waals surface area (Å²) in [5.74, 6) is 0.765. The lowest BCUT2D eigenvalue weighted by Crippen LogP contribution is -2.04. The molecule has 1 aromatic heterocycles. The molecule has 1 aromatic carbocycles. The second-order valence-corrected chi connectivity index (χ2v) is 3.96. The summed E-state index contributed by atoms with van der Waals surface area (Å²) in [7, 11) is 1.56. The van der Waals surface area contributed by atoms with Crippen LogP contribution in [0.1, 0.15) is 28.7 Å². The molecular weight excluding hydrogens is 244 g/mol. The van der Waals surface area contributed by atoms with E-state index in [9.17, 15) is 4.79 Å². The summed E-state index contributed by atoms with van der Waals surface area (Å²) in [5.41, 5.74) is 1.42. The number of nitriles is 1. The van der Waals surface area contributed by atoms with Crippen molar-refractivity contribution >= 4 is 5.78 Å². The Morgan fingerprint density at radius 3 is 2.89 bits per heavy atom. The molecule has 0 bridgehead atoms. The highest BCUT2D eigenvalue weighted by Crippen LogP contribution is 2.21. The standard InChI is InChI=1S/C13H12N4O2/c1-9(18)10-3-4-12(19-2)11(5-10)7-17-8-15-13(6-14)16-17/h3-5,8H,7H2,1-2H3. The molecule has 96 valence electrons. The normalized spacial score (nSPS) is 9.95. The number of aromatic nitrogens is 3. The molecule has 0 atom stereocenters. The van der Waals surface area contributed by atoms with Crippen LogP contribution in [0.15, 0.2) is 24.5 Å². The van der Waals surface area contributed by atoms with Crippen LogP contribution in [-0.2, 0) is 6.54 Å². The largest absolute Gasteiger partial charge is 0.496 e. The molecule has 6 nitrogen and oxygen atoms in total. The van der Waals surface area contributed by atoms with Crippen molar-refractivity contribution in [3.8, 4) is 11.8 Å². The van der Waals surface area contributed by atoms with Gasteiger partial charge in [0.2, 0.25) is 0 Å². The maximum atomic E-state index is 11.4. The number of methoxy groups -OCH3 is 1. The highest BCUT2D eigenvalue weighted by Gasteiger charge is 2.09. The molecule has 0 aliphatic rings. The maximum absolute atomic E-state index is 11.4. The molecule has 0 radical (unpaired) electrons. The number of ketones is 1. The summed E-state index contributed by atoms with van der Waals surface area (Å²) in [4.78, 5) is 15.2. The third kappa shape index (κ3) is 2.77. The Balaban J connectivity index is 2.34. The minimum Gasteiger partial charge on any atom is -0.496 e. The lowest BCUT2D eigenvalue weighted by atomic mass is 10.1. The van der Waals surface area contributed by atoms with Crippen molar-refractivity contribution in [1.29, 1.82) is 5.26 Å². The third-order valence-electron chi connectivity index (χ3n) is 2.66. The second-order valence-electron chi connectivity index (χ2n) is 3.96. The highest BCUT2D eigenvalue weighted by molar-refractivity contribution is 5.94. The van der Waals surface area contributed by atoms with Gasteiger partial charge >= 0.3 is 0 Å². The van der Waals surface area contributed by atoms with Gasteiger partial charge in [-0.25, -0.2) is 9.67 Å². The average Bonchev–Trinajstić information content (AvgIpc) is 2.86. The van der Waals surface area contributed by atoms with Crippen LogP contribution in [0.4, 0.5) is 0 Å². The van der Waals surface area contributed by atoms with E-state index in [-0.39, 0.29) is 11.6 Å². The number of hydrogen-bond acceptors (Lipinski definition) is 5. The Hall–Kier alpha value is -2.68. The summed E-state index contributed by atoms with van der Waals surface area (Å²) in [6.07, 6.45) is 1.47. The number of carbonyl (C=O) groups is 1. The summed E-state index contributed by atoms with van der Waals surface area (Å²) >= 11 is 0. The van der Waals surface area contributed by atoms with Crippen molar-refractivity contribution in [1.82, 2.24) is 14.8 Å². The zero-order valence-electron chi connectivity index (χ0n) is 10.6. The van der Waals surface area contributed by atoms with E-state index in [1.807, 2.05) is 6.07 Å². The van der Waals surface area contributed by atoms with Gasteiger partial charge in [-0.3, -0.25) is 4.79 Å². The van der Waals surface area contributed by atoms with E-state index in [4.69, 9.17) is 10.00 Å². The van der Waals surface area contributed by atoms with Gasteiger partial charge in [0.15, 0.2) is 5.78 Å². The predicted octanol–water partition coefficient (Wildman–Crippen LogP) is 1.41. The summed E-state index contributed by atoms with van der Waals surface area (Å²) < 4.78 is 6.78. The van der Waals surface area contributed by atoms with Crippen LogP contribution in [-0.4, -0.2) is 27.7 Å². The van der Waals surface area contributed by atoms with Gasteiger partial charge in [-0.05, 0) is 25.1 Å². The first-order valence-electron chi connectivity index (χ1n) is 5.61. The van der Waals surface area contributed by atoms with Crippen LogP contribution in [0.5, 0.6) is 5.75 Å². The highest BCUT2D eigenvalue weighted by atomic mass is 16.5. The molecule has 0 spiro atoms. The zero-order chi connectivity index (χ0) is 13.8. The number of ether oxygens (including phenoxy) is 1. The number of hydrogen-bond donors (Lipinski definition) is 0. The molecule has 19 heavy (non-hydrogen) atoms. The van der Waals surface area contributed by atoms with E-state index >= 15 is 0 Å². The fraction of sp³-hybridized carbons (Fsp3) is 0.231. The number of rotatable bonds is 4. The van der Waals surface area contributed by atoms with Crippen LogP contribution in [0.2, 0.25) is 0 Å². The van der Waals surface area contributed by atoms with Gasteiger partial charge in [-0.1, -0.05) is 0 Å². The lowest BCUT2D eigenvalue weighted by molar-refractivity contribution is 0.101. The van der Waals surface area contributed by atoms with Gasteiger partial charge in [0, 0.05) is 11.1 Å². The minimum absolute atomic E-state index is 0.0137. The van der Waals surface area contributed by atoms with Crippen molar-refractivity contribution in [2.24, 2.45) is 0 Å². The summed E-state index contributed by atoms with van der Waals surface area (Å²) in [6.45, 7) is 1.90. The Bertz CT molecular complexity index is 655. The first kappa shape index (κ1) is 12.8. The van der Waals surface area contributed by atoms with Crippen LogP contribution in [0, 0.1) is 11.3 Å². The van der Waals surface area contributed by atoms with E-state index < -0.39 is 0 Å². The van der Waals surface area contributed by atoms with Crippen molar-refractivity contribution in [3.63, 3.8) is 0 Å². The Morgan fingerprint density at radius 1 is 1.53 bits per heavy atom. The summed E-state index contributed by atoms with van der Waals surface area (Å²) in [6, 6.07) is 7.08. The first-order chi connectivity index (χ1) is 9.13. The molecule has 0 fully saturated rings. The van der Waals surface area contributed by atoms with Crippen LogP contribution >= 0.6 is 0 Å². The van der Waals surface area contributed by atoms with Gasteiger partial charge in [-0.2, -0.15) is 5.26 Å². The van der Waals surface area contributed by atoms with E-state index in [2.05, 4.69) is 10.1 Å². The number of benzene rings is 1. The van der Waals surface area contributed by atoms with Gasteiger partial charge in [0.1, 0.15) is 18.1 Å². The van der Waals surface area contributed by atoms with Gasteiger partial charge in [-0.15, -0.1) is 5.10 Å². The topological polar surface area (TPSA) is 80.8 Å². The predicted molar refractivity (Wildman–Crippen MR) is 66.8 cm³/mol. The SMILES string of the molecule is COc1ccc(C(C)=O)cc1Cn1cnc(C#N)n1. The second kappa shape index (κ2) is 5.31. The maximum Gasteiger partial charge on any atom is 0.252 e. The van der Waals surface area contributed by atoms with E-state index in [1.165, 1.54) is 17.9 Å². The molecule has 6 heteroatoms. The van der Waals surface area contributed by atoms with Crippen LogP contribution in [0.3, 0.4) is 0 Å². The van der Waals surface area contributed by atoms with Gasteiger partial charge in [0.05, 0.1) is 13.7 Å². The van der Waals surface area contributed by atoms with E-state index in [1.54, 1.807) is 25.3 Å². The summed E-state index contributed by atoms with van der Waals surface area (Å²) in [5, 5.41) is 12.7. The van der Waals surface area contributed by atoms with Gasteiger partial charge < -0.3 is 4.74 Å². The number of Topliss-reactive ketones (excluding diaryl/α,β-unsaturated/α-hetero) is 1. The monoisotopic (exact) mass is 256 g/mol. The lowest BCUT2D eigenvalue weighted by Gasteiger charge is -2.09. The molecule has 0 aliphatic carbocycles. The molecular formula is C13H12N4O2. The molecule has 2 rings (SSSR count). The molecule has 0 unspecified atom stereocenters. The first-order valence-corrected chi connectivity index (χ1v) is 5.61. The van der Waals surface area contributed by atoms with Crippen molar-refractivity contribution in [2.45, 2.75) is 13.5 Å². The average molecular weight is 256 g/mol. The van der Waals surface area contributed by atoms with Crippen molar-refractivity contribution in [3.05, 3.63) is 41.5 Å². The molecule has 2 aromatic rings. The van der Waals surface area contributed by atoms with E-state index in [0.717, 1.165) is 5.56 Å². The van der Waals surface area contributed by atoms with Gasteiger partial charge in [0.25, 0.3) is 5.82 Å². The quantitative estimate of drug-likeness (QED) is 0.772. The fourth-order valence-corrected chi connectivity index (χ4v) is 1.72. The van der Waals surface area contributed by atoms with Crippen LogP contribution in [0.25, 0.3) is 0 Å². The molecule has 1 heterocycles. The molecule has 0 saturated carbocycles. The van der Waals surface area contributed by atoms with E-state index in [0.29, 0.717) is 17.9 Å². The molecule has 0 N–H and O–H groups in total. The number of nitrogens with zero attached hydrogens (tertiary/aromatic N) is 4. The Morgan fingerprint density at radius 2 is 2.32 bits per heavy atom. The molecule has 0 saturated heterocycles. The number of carbonyl (C=O) groups excluding carboxylic acids is 1. The minimum atomic E-state index is -0.0137. The zero-order valence-corrected chi connectivity index (χ0v) is 10.6. The van der Waals surface area contributed by atoms with Crippen molar-refractivity contribution in [2.75, 3.05) is 7.11 Å². The molecule has 0 aliphatic heterocycles. The van der Waals surface area contributed by atoms with Crippen molar-refractivity contribution < 1.29 is 9.53 Å². The third-order valence-corrected chi connectivity index (χ3v) is 2.66. The Labute approximate surface area is 110 Å².